The first-order valence-electron chi connectivity index (χ1n) is 8.51. The molecular formula is C17H20N6O. The second-order valence-corrected chi connectivity index (χ2v) is 6.68. The van der Waals surface area contributed by atoms with Crippen LogP contribution >= 0.6 is 0 Å². The number of imidazole rings is 1. The van der Waals surface area contributed by atoms with Crippen molar-refractivity contribution < 1.29 is 0 Å². The summed E-state index contributed by atoms with van der Waals surface area (Å²) < 4.78 is 1.95. The molecule has 0 unspecified atom stereocenters. The number of aromatic amines is 2. The zero-order chi connectivity index (χ0) is 16.1. The summed E-state index contributed by atoms with van der Waals surface area (Å²) in [5.41, 5.74) is 5.43. The fourth-order valence-electron chi connectivity index (χ4n) is 4.06. The molecule has 24 heavy (non-hydrogen) atoms. The standard InChI is InChI=1S/C17H20N6O/c24-17-20-16-14(22-9-11-8-19-21-13(11)10-22)2-1-3-15(16)23(17)12-4-6-18-7-5-12/h1-3,8,12,18H,4-7,9-10H2,(H,19,21)(H,20,24). The second-order valence-electron chi connectivity index (χ2n) is 6.68. The monoisotopic (exact) mass is 324 g/mol. The van der Waals surface area contributed by atoms with E-state index in [0.29, 0.717) is 0 Å². The van der Waals surface area contributed by atoms with Crippen LogP contribution in [0.25, 0.3) is 11.0 Å². The van der Waals surface area contributed by atoms with Crippen molar-refractivity contribution in [2.75, 3.05) is 18.0 Å². The smallest absolute Gasteiger partial charge is 0.326 e. The first kappa shape index (κ1) is 13.9. The molecular weight excluding hydrogens is 304 g/mol. The summed E-state index contributed by atoms with van der Waals surface area (Å²) in [6.45, 7) is 3.56. The highest BCUT2D eigenvalue weighted by Gasteiger charge is 2.25. The molecule has 124 valence electrons. The average Bonchev–Trinajstić information content (AvgIpc) is 3.27. The summed E-state index contributed by atoms with van der Waals surface area (Å²) in [6, 6.07) is 6.46. The first-order chi connectivity index (χ1) is 11.8. The number of hydrogen-bond acceptors (Lipinski definition) is 4. The van der Waals surface area contributed by atoms with Crippen molar-refractivity contribution in [3.05, 3.63) is 46.1 Å². The van der Waals surface area contributed by atoms with Crippen molar-refractivity contribution in [3.63, 3.8) is 0 Å². The van der Waals surface area contributed by atoms with Gasteiger partial charge >= 0.3 is 5.69 Å². The van der Waals surface area contributed by atoms with Crippen LogP contribution in [0, 0.1) is 0 Å². The van der Waals surface area contributed by atoms with Crippen LogP contribution in [0.5, 0.6) is 0 Å². The van der Waals surface area contributed by atoms with Crippen LogP contribution in [0.3, 0.4) is 0 Å². The zero-order valence-corrected chi connectivity index (χ0v) is 13.4. The molecule has 2 aromatic heterocycles. The summed E-state index contributed by atoms with van der Waals surface area (Å²) >= 11 is 0. The SMILES string of the molecule is O=c1[nH]c2c(N3Cc4cn[nH]c4C3)cccc2n1C1CCNCC1. The van der Waals surface area contributed by atoms with E-state index in [0.717, 1.165) is 61.4 Å². The number of fused-ring (bicyclic) bond motifs is 2. The maximum Gasteiger partial charge on any atom is 0.326 e. The van der Waals surface area contributed by atoms with Gasteiger partial charge in [0.05, 0.1) is 35.2 Å². The Morgan fingerprint density at radius 2 is 2.04 bits per heavy atom. The lowest BCUT2D eigenvalue weighted by Crippen LogP contribution is -2.33. The topological polar surface area (TPSA) is 81.7 Å². The van der Waals surface area contributed by atoms with Crippen LogP contribution in [0.15, 0.2) is 29.2 Å². The molecule has 1 fully saturated rings. The van der Waals surface area contributed by atoms with Gasteiger partial charge in [0, 0.05) is 18.2 Å². The van der Waals surface area contributed by atoms with Crippen LogP contribution in [0.4, 0.5) is 5.69 Å². The molecule has 0 saturated carbocycles. The minimum Gasteiger partial charge on any atom is -0.359 e. The molecule has 2 aliphatic rings. The van der Waals surface area contributed by atoms with E-state index in [2.05, 4.69) is 37.5 Å². The predicted octanol–water partition coefficient (Wildman–Crippen LogP) is 1.50. The van der Waals surface area contributed by atoms with Crippen molar-refractivity contribution in [2.45, 2.75) is 32.0 Å². The van der Waals surface area contributed by atoms with Gasteiger partial charge in [0.15, 0.2) is 0 Å². The molecule has 0 amide bonds. The van der Waals surface area contributed by atoms with Gasteiger partial charge in [-0.05, 0) is 38.1 Å². The summed E-state index contributed by atoms with van der Waals surface area (Å²) in [5.74, 6) is 0. The van der Waals surface area contributed by atoms with Crippen molar-refractivity contribution in [3.8, 4) is 0 Å². The molecule has 0 spiro atoms. The number of benzene rings is 1. The van der Waals surface area contributed by atoms with Crippen molar-refractivity contribution in [2.24, 2.45) is 0 Å². The molecule has 1 aromatic carbocycles. The number of hydrogen-bond donors (Lipinski definition) is 3. The van der Waals surface area contributed by atoms with Crippen LogP contribution in [0.1, 0.15) is 30.1 Å². The molecule has 2 aliphatic heterocycles. The third kappa shape index (κ3) is 2.01. The number of nitrogens with one attached hydrogen (secondary N) is 3. The number of H-pyrrole nitrogens is 2. The van der Waals surface area contributed by atoms with E-state index in [4.69, 9.17) is 0 Å². The molecule has 0 atom stereocenters. The number of aromatic nitrogens is 4. The quantitative estimate of drug-likeness (QED) is 0.667. The number of piperidine rings is 1. The van der Waals surface area contributed by atoms with Crippen LogP contribution in [-0.2, 0) is 13.1 Å². The van der Waals surface area contributed by atoms with E-state index in [1.807, 2.05) is 16.8 Å². The Morgan fingerprint density at radius 3 is 2.88 bits per heavy atom. The lowest BCUT2D eigenvalue weighted by Gasteiger charge is -2.24. The summed E-state index contributed by atoms with van der Waals surface area (Å²) in [5, 5.41) is 10.5. The molecule has 0 bridgehead atoms. The Bertz CT molecular complexity index is 925. The molecule has 0 radical (unpaired) electrons. The van der Waals surface area contributed by atoms with Crippen LogP contribution in [-0.4, -0.2) is 32.8 Å². The first-order valence-corrected chi connectivity index (χ1v) is 8.51. The largest absolute Gasteiger partial charge is 0.359 e. The van der Waals surface area contributed by atoms with Crippen molar-refractivity contribution >= 4 is 16.7 Å². The summed E-state index contributed by atoms with van der Waals surface area (Å²) in [4.78, 5) is 18.0. The van der Waals surface area contributed by atoms with Gasteiger partial charge in [0.1, 0.15) is 0 Å². The Labute approximate surface area is 138 Å². The average molecular weight is 324 g/mol. The van der Waals surface area contributed by atoms with Gasteiger partial charge in [0.25, 0.3) is 0 Å². The van der Waals surface area contributed by atoms with E-state index in [-0.39, 0.29) is 11.7 Å². The number of nitrogens with zero attached hydrogens (tertiary/aromatic N) is 3. The highest BCUT2D eigenvalue weighted by molar-refractivity contribution is 5.89. The molecule has 1 saturated heterocycles. The van der Waals surface area contributed by atoms with Gasteiger partial charge in [-0.3, -0.25) is 9.67 Å². The fourth-order valence-corrected chi connectivity index (χ4v) is 4.06. The van der Waals surface area contributed by atoms with Crippen molar-refractivity contribution in [1.82, 2.24) is 25.1 Å². The number of para-hydroxylation sites is 1. The molecule has 5 rings (SSSR count). The molecule has 0 aliphatic carbocycles. The number of rotatable bonds is 2. The Balaban J connectivity index is 1.59. The zero-order valence-electron chi connectivity index (χ0n) is 13.4. The highest BCUT2D eigenvalue weighted by atomic mass is 16.1. The minimum absolute atomic E-state index is 0.00346. The van der Waals surface area contributed by atoms with Gasteiger partial charge in [-0.1, -0.05) is 6.07 Å². The lowest BCUT2D eigenvalue weighted by atomic mass is 10.1. The maximum absolute atomic E-state index is 12.6. The van der Waals surface area contributed by atoms with Crippen LogP contribution < -0.4 is 15.9 Å². The van der Waals surface area contributed by atoms with Gasteiger partial charge in [-0.25, -0.2) is 4.79 Å². The van der Waals surface area contributed by atoms with Gasteiger partial charge in [0.2, 0.25) is 0 Å². The second kappa shape index (κ2) is 5.24. The number of anilines is 1. The Morgan fingerprint density at radius 1 is 1.17 bits per heavy atom. The molecule has 7 nitrogen and oxygen atoms in total. The predicted molar refractivity (Wildman–Crippen MR) is 92.2 cm³/mol. The van der Waals surface area contributed by atoms with Crippen molar-refractivity contribution in [1.29, 1.82) is 0 Å². The third-order valence-electron chi connectivity index (χ3n) is 5.26. The van der Waals surface area contributed by atoms with E-state index in [1.54, 1.807) is 0 Å². The van der Waals surface area contributed by atoms with Gasteiger partial charge in [-0.2, -0.15) is 5.10 Å². The van der Waals surface area contributed by atoms with Crippen LogP contribution in [0.2, 0.25) is 0 Å². The summed E-state index contributed by atoms with van der Waals surface area (Å²) in [6.07, 6.45) is 3.88. The Hall–Kier alpha value is -2.54. The van der Waals surface area contributed by atoms with E-state index in [9.17, 15) is 4.79 Å². The maximum atomic E-state index is 12.6. The molecule has 3 aromatic rings. The normalized spacial score (nSPS) is 18.4. The third-order valence-corrected chi connectivity index (χ3v) is 5.26. The highest BCUT2D eigenvalue weighted by Crippen LogP contribution is 2.32. The summed E-state index contributed by atoms with van der Waals surface area (Å²) in [7, 11) is 0. The lowest BCUT2D eigenvalue weighted by molar-refractivity contribution is 0.368. The van der Waals surface area contributed by atoms with Gasteiger partial charge < -0.3 is 15.2 Å². The minimum atomic E-state index is 0.00346. The fraction of sp³-hybridized carbons (Fsp3) is 0.412. The van der Waals surface area contributed by atoms with E-state index >= 15 is 0 Å². The molecule has 7 heteroatoms. The van der Waals surface area contributed by atoms with Gasteiger partial charge in [-0.15, -0.1) is 0 Å². The van der Waals surface area contributed by atoms with E-state index < -0.39 is 0 Å². The Kier molecular flexibility index (Phi) is 3.02. The molecule has 4 heterocycles. The van der Waals surface area contributed by atoms with E-state index in [1.165, 1.54) is 5.56 Å². The molecule has 3 N–H and O–H groups in total.